The molecule has 0 aromatic heterocycles. The molecule has 1 fully saturated rings. The average molecular weight is 392 g/mol. The number of nitrogens with one attached hydrogen (secondary N) is 1. The van der Waals surface area contributed by atoms with Crippen LogP contribution in [0, 0.1) is 5.92 Å². The number of benzene rings is 1. The molecule has 0 bridgehead atoms. The Hall–Kier alpha value is -0.850. The molecular weight excluding hydrogens is 361 g/mol. The number of rotatable bonds is 6. The summed E-state index contributed by atoms with van der Waals surface area (Å²) < 4.78 is 5.68. The third kappa shape index (κ3) is 6.76. The minimum atomic E-state index is -0.433. The van der Waals surface area contributed by atoms with Crippen molar-refractivity contribution in [1.29, 1.82) is 0 Å². The van der Waals surface area contributed by atoms with Crippen molar-refractivity contribution in [2.45, 2.75) is 39.0 Å². The molecular formula is C18H31Cl2N3O2. The summed E-state index contributed by atoms with van der Waals surface area (Å²) in [5.74, 6) is 0.199. The van der Waals surface area contributed by atoms with Crippen molar-refractivity contribution >= 4 is 30.7 Å². The third-order valence-electron chi connectivity index (χ3n) is 4.80. The smallest absolute Gasteiger partial charge is 0.250 e. The monoisotopic (exact) mass is 391 g/mol. The van der Waals surface area contributed by atoms with Gasteiger partial charge in [0.05, 0.1) is 12.1 Å². The van der Waals surface area contributed by atoms with Crippen molar-refractivity contribution in [1.82, 2.24) is 10.2 Å². The van der Waals surface area contributed by atoms with Gasteiger partial charge in [0, 0.05) is 26.2 Å². The number of morpholine rings is 1. The quantitative estimate of drug-likeness (QED) is 0.779. The van der Waals surface area contributed by atoms with E-state index in [0.717, 1.165) is 13.1 Å². The molecule has 2 rings (SSSR count). The molecule has 2 atom stereocenters. The molecule has 1 aliphatic heterocycles. The summed E-state index contributed by atoms with van der Waals surface area (Å²) in [6, 6.07) is 10.3. The SMILES string of the molecule is CC(C)C(C)(CN)NC(=O)C1CN(Cc2ccccc2)CCO1.Cl.Cl. The Labute approximate surface area is 163 Å². The van der Waals surface area contributed by atoms with Crippen LogP contribution in [-0.2, 0) is 16.1 Å². The Morgan fingerprint density at radius 3 is 2.56 bits per heavy atom. The van der Waals surface area contributed by atoms with Crippen LogP contribution in [0.3, 0.4) is 0 Å². The number of hydrogen-bond acceptors (Lipinski definition) is 4. The van der Waals surface area contributed by atoms with Crippen LogP contribution in [-0.4, -0.2) is 48.7 Å². The molecule has 3 N–H and O–H groups in total. The van der Waals surface area contributed by atoms with Gasteiger partial charge in [0.25, 0.3) is 5.91 Å². The second-order valence-corrected chi connectivity index (χ2v) is 6.85. The molecule has 144 valence electrons. The molecule has 7 heteroatoms. The number of nitrogens with two attached hydrogens (primary N) is 1. The van der Waals surface area contributed by atoms with Crippen LogP contribution in [0.1, 0.15) is 26.3 Å². The van der Waals surface area contributed by atoms with Gasteiger partial charge in [0.15, 0.2) is 0 Å². The lowest BCUT2D eigenvalue weighted by atomic mass is 9.88. The zero-order valence-electron chi connectivity index (χ0n) is 15.2. The minimum Gasteiger partial charge on any atom is -0.366 e. The Kier molecular flexibility index (Phi) is 10.6. The van der Waals surface area contributed by atoms with E-state index >= 15 is 0 Å². The van der Waals surface area contributed by atoms with E-state index in [2.05, 4.69) is 36.2 Å². The van der Waals surface area contributed by atoms with Gasteiger partial charge in [0.2, 0.25) is 0 Å². The lowest BCUT2D eigenvalue weighted by molar-refractivity contribution is -0.141. The highest BCUT2D eigenvalue weighted by atomic mass is 35.5. The van der Waals surface area contributed by atoms with Crippen LogP contribution in [0.15, 0.2) is 30.3 Å². The lowest BCUT2D eigenvalue weighted by Gasteiger charge is -2.37. The number of amides is 1. The number of carbonyl (C=O) groups excluding carboxylic acids is 1. The van der Waals surface area contributed by atoms with Gasteiger partial charge in [-0.3, -0.25) is 9.69 Å². The average Bonchev–Trinajstić information content (AvgIpc) is 2.55. The summed E-state index contributed by atoms with van der Waals surface area (Å²) in [7, 11) is 0. The first-order valence-electron chi connectivity index (χ1n) is 8.34. The van der Waals surface area contributed by atoms with Crippen LogP contribution >= 0.6 is 24.8 Å². The van der Waals surface area contributed by atoms with Crippen LogP contribution in [0.2, 0.25) is 0 Å². The molecule has 0 aliphatic carbocycles. The zero-order chi connectivity index (χ0) is 16.9. The molecule has 0 saturated carbocycles. The molecule has 0 spiro atoms. The van der Waals surface area contributed by atoms with E-state index in [4.69, 9.17) is 10.5 Å². The topological polar surface area (TPSA) is 67.6 Å². The summed E-state index contributed by atoms with van der Waals surface area (Å²) in [4.78, 5) is 14.8. The predicted octanol–water partition coefficient (Wildman–Crippen LogP) is 2.22. The maximum Gasteiger partial charge on any atom is 0.250 e. The van der Waals surface area contributed by atoms with Gasteiger partial charge in [-0.15, -0.1) is 24.8 Å². The summed E-state index contributed by atoms with van der Waals surface area (Å²) in [5, 5.41) is 3.08. The maximum atomic E-state index is 12.6. The van der Waals surface area contributed by atoms with Crippen molar-refractivity contribution in [3.05, 3.63) is 35.9 Å². The van der Waals surface area contributed by atoms with Gasteiger partial charge in [-0.1, -0.05) is 44.2 Å². The Morgan fingerprint density at radius 1 is 1.36 bits per heavy atom. The minimum absolute atomic E-state index is 0. The first-order valence-corrected chi connectivity index (χ1v) is 8.34. The van der Waals surface area contributed by atoms with E-state index in [0.29, 0.717) is 19.7 Å². The Bertz CT molecular complexity index is 516. The van der Waals surface area contributed by atoms with Crippen LogP contribution in [0.4, 0.5) is 0 Å². The summed E-state index contributed by atoms with van der Waals surface area (Å²) in [6.07, 6.45) is -0.433. The number of carbonyl (C=O) groups is 1. The van der Waals surface area contributed by atoms with E-state index in [1.54, 1.807) is 0 Å². The maximum absolute atomic E-state index is 12.6. The number of hydrogen-bond donors (Lipinski definition) is 2. The molecule has 1 heterocycles. The summed E-state index contributed by atoms with van der Waals surface area (Å²) >= 11 is 0. The predicted molar refractivity (Wildman–Crippen MR) is 106 cm³/mol. The molecule has 1 aromatic carbocycles. The fourth-order valence-electron chi connectivity index (χ4n) is 2.64. The first-order chi connectivity index (χ1) is 10.9. The summed E-state index contributed by atoms with van der Waals surface area (Å²) in [5.41, 5.74) is 6.70. The molecule has 1 amide bonds. The Morgan fingerprint density at radius 2 is 2.00 bits per heavy atom. The second-order valence-electron chi connectivity index (χ2n) is 6.85. The molecule has 5 nitrogen and oxygen atoms in total. The van der Waals surface area contributed by atoms with Gasteiger partial charge in [0.1, 0.15) is 6.10 Å². The van der Waals surface area contributed by atoms with Gasteiger partial charge in [-0.2, -0.15) is 0 Å². The van der Waals surface area contributed by atoms with Gasteiger partial charge in [-0.05, 0) is 18.4 Å². The fourth-order valence-corrected chi connectivity index (χ4v) is 2.64. The standard InChI is InChI=1S/C18H29N3O2.2ClH/c1-14(2)18(3,13-19)20-17(22)16-12-21(9-10-23-16)11-15-7-5-4-6-8-15;;/h4-8,14,16H,9-13,19H2,1-3H3,(H,20,22);2*1H. The highest BCUT2D eigenvalue weighted by Gasteiger charge is 2.33. The van der Waals surface area contributed by atoms with E-state index in [1.807, 2.05) is 25.1 Å². The molecule has 25 heavy (non-hydrogen) atoms. The number of ether oxygens (including phenoxy) is 1. The molecule has 2 unspecified atom stereocenters. The van der Waals surface area contributed by atoms with Crippen molar-refractivity contribution in [3.8, 4) is 0 Å². The van der Waals surface area contributed by atoms with Crippen LogP contribution in [0.5, 0.6) is 0 Å². The fraction of sp³-hybridized carbons (Fsp3) is 0.611. The molecule has 0 radical (unpaired) electrons. The van der Waals surface area contributed by atoms with E-state index in [9.17, 15) is 4.79 Å². The van der Waals surface area contributed by atoms with Gasteiger partial charge >= 0.3 is 0 Å². The molecule has 1 aromatic rings. The molecule has 1 aliphatic rings. The van der Waals surface area contributed by atoms with Gasteiger partial charge in [-0.25, -0.2) is 0 Å². The molecule has 1 saturated heterocycles. The third-order valence-corrected chi connectivity index (χ3v) is 4.80. The van der Waals surface area contributed by atoms with Crippen molar-refractivity contribution in [2.24, 2.45) is 11.7 Å². The van der Waals surface area contributed by atoms with Crippen LogP contribution < -0.4 is 11.1 Å². The lowest BCUT2D eigenvalue weighted by Crippen LogP contribution is -2.59. The second kappa shape index (κ2) is 11.0. The van der Waals surface area contributed by atoms with Crippen molar-refractivity contribution < 1.29 is 9.53 Å². The van der Waals surface area contributed by atoms with Crippen molar-refractivity contribution in [3.63, 3.8) is 0 Å². The first kappa shape index (κ1) is 24.1. The van der Waals surface area contributed by atoms with Crippen LogP contribution in [0.25, 0.3) is 0 Å². The van der Waals surface area contributed by atoms with E-state index < -0.39 is 11.6 Å². The highest BCUT2D eigenvalue weighted by molar-refractivity contribution is 5.85. The number of halogens is 2. The number of nitrogens with zero attached hydrogens (tertiary/aromatic N) is 1. The Balaban J connectivity index is 0.00000288. The van der Waals surface area contributed by atoms with E-state index in [1.165, 1.54) is 5.56 Å². The van der Waals surface area contributed by atoms with Gasteiger partial charge < -0.3 is 15.8 Å². The summed E-state index contributed by atoms with van der Waals surface area (Å²) in [6.45, 7) is 9.40. The van der Waals surface area contributed by atoms with E-state index in [-0.39, 0.29) is 36.6 Å². The largest absolute Gasteiger partial charge is 0.366 e. The van der Waals surface area contributed by atoms with Crippen molar-refractivity contribution in [2.75, 3.05) is 26.2 Å². The normalized spacial score (nSPS) is 20.1. The zero-order valence-corrected chi connectivity index (χ0v) is 16.9. The highest BCUT2D eigenvalue weighted by Crippen LogP contribution is 2.17.